The van der Waals surface area contributed by atoms with Crippen molar-refractivity contribution in [1.29, 1.82) is 0 Å². The summed E-state index contributed by atoms with van der Waals surface area (Å²) < 4.78 is 1.16. The van der Waals surface area contributed by atoms with Crippen molar-refractivity contribution in [3.8, 4) is 0 Å². The van der Waals surface area contributed by atoms with Crippen molar-refractivity contribution >= 4 is 27.5 Å². The summed E-state index contributed by atoms with van der Waals surface area (Å²) in [6, 6.07) is 7.95. The van der Waals surface area contributed by atoms with Crippen molar-refractivity contribution in [2.45, 2.75) is 50.7 Å². The van der Waals surface area contributed by atoms with E-state index in [1.54, 1.807) is 11.3 Å². The summed E-state index contributed by atoms with van der Waals surface area (Å²) in [4.78, 5) is 16.5. The lowest BCUT2D eigenvalue weighted by molar-refractivity contribution is -0.123. The van der Waals surface area contributed by atoms with Crippen LogP contribution in [0.4, 0.5) is 0 Å². The molecule has 0 saturated heterocycles. The number of nitrogens with one attached hydrogen (secondary N) is 1. The molecule has 1 fully saturated rings. The molecular formula is C16H20N2O2S. The number of amides is 1. The van der Waals surface area contributed by atoms with Gasteiger partial charge in [0.2, 0.25) is 5.91 Å². The highest BCUT2D eigenvalue weighted by Gasteiger charge is 2.24. The normalized spacial score (nSPS) is 22.3. The molecule has 1 aromatic heterocycles. The van der Waals surface area contributed by atoms with Crippen LogP contribution in [0, 0.1) is 0 Å². The van der Waals surface area contributed by atoms with Gasteiger partial charge < -0.3 is 10.4 Å². The van der Waals surface area contributed by atoms with Crippen LogP contribution in [-0.4, -0.2) is 28.1 Å². The van der Waals surface area contributed by atoms with E-state index in [1.165, 1.54) is 0 Å². The second-order valence-electron chi connectivity index (χ2n) is 5.60. The zero-order valence-electron chi connectivity index (χ0n) is 11.9. The number of hydrogen-bond acceptors (Lipinski definition) is 4. The molecule has 0 spiro atoms. The van der Waals surface area contributed by atoms with Gasteiger partial charge in [0.25, 0.3) is 0 Å². The van der Waals surface area contributed by atoms with Crippen molar-refractivity contribution in [2.75, 3.05) is 0 Å². The number of hydrogen-bond donors (Lipinski definition) is 2. The fraction of sp³-hybridized carbons (Fsp3) is 0.500. The molecule has 2 N–H and O–H groups in total. The van der Waals surface area contributed by atoms with E-state index in [1.807, 2.05) is 18.2 Å². The Balaban J connectivity index is 1.53. The lowest BCUT2D eigenvalue weighted by atomic mass is 9.92. The van der Waals surface area contributed by atoms with Crippen LogP contribution in [0.15, 0.2) is 24.3 Å². The van der Waals surface area contributed by atoms with Crippen molar-refractivity contribution < 1.29 is 9.90 Å². The molecule has 1 aromatic carbocycles. The Morgan fingerprint density at radius 2 is 2.14 bits per heavy atom. The monoisotopic (exact) mass is 304 g/mol. The maximum atomic E-state index is 12.0. The van der Waals surface area contributed by atoms with Crippen LogP contribution < -0.4 is 5.32 Å². The number of aliphatic hydroxyl groups is 1. The minimum atomic E-state index is -0.384. The summed E-state index contributed by atoms with van der Waals surface area (Å²) in [6.45, 7) is 0. The van der Waals surface area contributed by atoms with Crippen LogP contribution in [0.3, 0.4) is 0 Å². The molecule has 1 aliphatic carbocycles. The molecule has 1 amide bonds. The SMILES string of the molecule is O=C(CCc1nc2ccccc2s1)N[C@@H]1CCCC[C@H]1O. The minimum absolute atomic E-state index is 0.0141. The first-order valence-corrected chi connectivity index (χ1v) is 8.36. The van der Waals surface area contributed by atoms with Crippen LogP contribution in [0.2, 0.25) is 0 Å². The number of aryl methyl sites for hydroxylation is 1. The highest BCUT2D eigenvalue weighted by Crippen LogP contribution is 2.22. The zero-order valence-corrected chi connectivity index (χ0v) is 12.7. The Labute approximate surface area is 128 Å². The largest absolute Gasteiger partial charge is 0.391 e. The average molecular weight is 304 g/mol. The molecule has 1 aliphatic rings. The molecule has 1 saturated carbocycles. The molecule has 1 heterocycles. The van der Waals surface area contributed by atoms with Gasteiger partial charge in [-0.15, -0.1) is 11.3 Å². The number of aromatic nitrogens is 1. The van der Waals surface area contributed by atoms with Crippen LogP contribution in [-0.2, 0) is 11.2 Å². The van der Waals surface area contributed by atoms with Gasteiger partial charge in [-0.05, 0) is 25.0 Å². The van der Waals surface area contributed by atoms with Crippen molar-refractivity contribution in [1.82, 2.24) is 10.3 Å². The predicted molar refractivity (Wildman–Crippen MR) is 84.3 cm³/mol. The Hall–Kier alpha value is -1.46. The topological polar surface area (TPSA) is 62.2 Å². The number of benzene rings is 1. The highest BCUT2D eigenvalue weighted by atomic mass is 32.1. The Kier molecular flexibility index (Phi) is 4.51. The average Bonchev–Trinajstić information content (AvgIpc) is 2.90. The number of carbonyl (C=O) groups excluding carboxylic acids is 1. The van der Waals surface area contributed by atoms with Crippen LogP contribution in [0.5, 0.6) is 0 Å². The Bertz CT molecular complexity index is 593. The van der Waals surface area contributed by atoms with E-state index in [0.29, 0.717) is 12.8 Å². The van der Waals surface area contributed by atoms with Crippen molar-refractivity contribution in [3.05, 3.63) is 29.3 Å². The van der Waals surface area contributed by atoms with Gasteiger partial charge in [-0.25, -0.2) is 4.98 Å². The summed E-state index contributed by atoms with van der Waals surface area (Å²) in [5, 5.41) is 13.8. The first kappa shape index (κ1) is 14.5. The van der Waals surface area contributed by atoms with Gasteiger partial charge in [0.1, 0.15) is 0 Å². The summed E-state index contributed by atoms with van der Waals surface area (Å²) in [5.74, 6) is 0.0141. The summed E-state index contributed by atoms with van der Waals surface area (Å²) >= 11 is 1.65. The van der Waals surface area contributed by atoms with E-state index >= 15 is 0 Å². The molecule has 4 nitrogen and oxygen atoms in total. The van der Waals surface area contributed by atoms with Gasteiger partial charge in [0.05, 0.1) is 27.4 Å². The molecule has 0 unspecified atom stereocenters. The highest BCUT2D eigenvalue weighted by molar-refractivity contribution is 7.18. The zero-order chi connectivity index (χ0) is 14.7. The maximum absolute atomic E-state index is 12.0. The van der Waals surface area contributed by atoms with Crippen LogP contribution in [0.25, 0.3) is 10.2 Å². The number of thiazole rings is 1. The number of rotatable bonds is 4. The third-order valence-electron chi connectivity index (χ3n) is 3.98. The molecule has 0 radical (unpaired) electrons. The number of para-hydroxylation sites is 1. The van der Waals surface area contributed by atoms with Crippen molar-refractivity contribution in [3.63, 3.8) is 0 Å². The van der Waals surface area contributed by atoms with Crippen molar-refractivity contribution in [2.24, 2.45) is 0 Å². The number of nitrogens with zero attached hydrogens (tertiary/aromatic N) is 1. The molecule has 21 heavy (non-hydrogen) atoms. The first-order chi connectivity index (χ1) is 10.2. The lowest BCUT2D eigenvalue weighted by Crippen LogP contribution is -2.45. The molecular weight excluding hydrogens is 284 g/mol. The van der Waals surface area contributed by atoms with Gasteiger partial charge in [-0.3, -0.25) is 4.79 Å². The van der Waals surface area contributed by atoms with E-state index in [-0.39, 0.29) is 18.1 Å². The predicted octanol–water partition coefficient (Wildman–Crippen LogP) is 2.65. The fourth-order valence-electron chi connectivity index (χ4n) is 2.81. The van der Waals surface area contributed by atoms with Crippen LogP contribution >= 0.6 is 11.3 Å². The summed E-state index contributed by atoms with van der Waals surface area (Å²) in [5.41, 5.74) is 1.00. The minimum Gasteiger partial charge on any atom is -0.391 e. The molecule has 0 bridgehead atoms. The number of fused-ring (bicyclic) bond motifs is 1. The van der Waals surface area contributed by atoms with E-state index < -0.39 is 0 Å². The molecule has 2 atom stereocenters. The molecule has 112 valence electrons. The Morgan fingerprint density at radius 1 is 1.33 bits per heavy atom. The second-order valence-corrected chi connectivity index (χ2v) is 6.72. The molecule has 0 aliphatic heterocycles. The maximum Gasteiger partial charge on any atom is 0.220 e. The Morgan fingerprint density at radius 3 is 2.95 bits per heavy atom. The standard InChI is InChI=1S/C16H20N2O2S/c19-13-7-3-1-5-11(13)17-15(20)9-10-16-18-12-6-2-4-8-14(12)21-16/h2,4,6,8,11,13,19H,1,3,5,7,9-10H2,(H,17,20)/t11-,13-/m1/s1. The van der Waals surface area contributed by atoms with E-state index in [0.717, 1.165) is 40.9 Å². The van der Waals surface area contributed by atoms with Gasteiger partial charge in [-0.1, -0.05) is 25.0 Å². The molecule has 2 aromatic rings. The lowest BCUT2D eigenvalue weighted by Gasteiger charge is -2.28. The fourth-order valence-corrected chi connectivity index (χ4v) is 3.77. The van der Waals surface area contributed by atoms with E-state index in [4.69, 9.17) is 0 Å². The molecule has 3 rings (SSSR count). The number of aliphatic hydroxyl groups excluding tert-OH is 1. The smallest absolute Gasteiger partial charge is 0.220 e. The second kappa shape index (κ2) is 6.54. The summed E-state index contributed by atoms with van der Waals surface area (Å²) in [7, 11) is 0. The quantitative estimate of drug-likeness (QED) is 0.913. The van der Waals surface area contributed by atoms with Gasteiger partial charge >= 0.3 is 0 Å². The third kappa shape index (κ3) is 3.60. The van der Waals surface area contributed by atoms with Gasteiger partial charge in [0, 0.05) is 12.8 Å². The first-order valence-electron chi connectivity index (χ1n) is 7.54. The molecule has 5 heteroatoms. The van der Waals surface area contributed by atoms with Gasteiger partial charge in [-0.2, -0.15) is 0 Å². The van der Waals surface area contributed by atoms with E-state index in [9.17, 15) is 9.90 Å². The van der Waals surface area contributed by atoms with E-state index in [2.05, 4.69) is 16.4 Å². The summed E-state index contributed by atoms with van der Waals surface area (Å²) in [6.07, 6.45) is 4.53. The van der Waals surface area contributed by atoms with Crippen LogP contribution in [0.1, 0.15) is 37.1 Å². The number of carbonyl (C=O) groups is 1. The van der Waals surface area contributed by atoms with Gasteiger partial charge in [0.15, 0.2) is 0 Å². The third-order valence-corrected chi connectivity index (χ3v) is 5.08.